The molecule has 1 aromatic heterocycles. The zero-order valence-electron chi connectivity index (χ0n) is 11.7. The molecule has 0 aliphatic carbocycles. The Bertz CT molecular complexity index is 649. The smallest absolute Gasteiger partial charge is 0.341 e. The van der Waals surface area contributed by atoms with Gasteiger partial charge in [-0.25, -0.2) is 9.78 Å². The molecule has 6 heteroatoms. The predicted octanol–water partition coefficient (Wildman–Crippen LogP) is 4.38. The molecule has 1 N–H and O–H groups in total. The standard InChI is InChI=1S/C15H15ClN2O2S/c1-3-20-15(19)10-9-17-14(16)8-12(10)18-11-6-4-5-7-13(11)21-2/h4-9H,3H2,1-2H3,(H,17,18). The Morgan fingerprint density at radius 2 is 2.14 bits per heavy atom. The Kier molecular flexibility index (Phi) is 5.47. The highest BCUT2D eigenvalue weighted by molar-refractivity contribution is 7.98. The minimum Gasteiger partial charge on any atom is -0.462 e. The molecule has 1 aromatic carbocycles. The second-order valence-corrected chi connectivity index (χ2v) is 5.33. The van der Waals surface area contributed by atoms with Crippen LogP contribution in [0.4, 0.5) is 11.4 Å². The molecule has 0 aliphatic heterocycles. The van der Waals surface area contributed by atoms with Gasteiger partial charge in [0, 0.05) is 11.1 Å². The van der Waals surface area contributed by atoms with Crippen molar-refractivity contribution in [3.63, 3.8) is 0 Å². The van der Waals surface area contributed by atoms with Gasteiger partial charge < -0.3 is 10.1 Å². The van der Waals surface area contributed by atoms with Crippen molar-refractivity contribution in [3.8, 4) is 0 Å². The van der Waals surface area contributed by atoms with Crippen molar-refractivity contribution in [3.05, 3.63) is 47.2 Å². The topological polar surface area (TPSA) is 51.2 Å². The number of hydrogen-bond acceptors (Lipinski definition) is 5. The SMILES string of the molecule is CCOC(=O)c1cnc(Cl)cc1Nc1ccccc1SC. The van der Waals surface area contributed by atoms with Crippen LogP contribution in [0.15, 0.2) is 41.4 Å². The third kappa shape index (κ3) is 3.89. The van der Waals surface area contributed by atoms with Gasteiger partial charge >= 0.3 is 5.97 Å². The second-order valence-electron chi connectivity index (χ2n) is 4.10. The van der Waals surface area contributed by atoms with Gasteiger partial charge in [-0.05, 0) is 31.4 Å². The number of benzene rings is 1. The quantitative estimate of drug-likeness (QED) is 0.503. The summed E-state index contributed by atoms with van der Waals surface area (Å²) in [5.41, 5.74) is 1.84. The van der Waals surface area contributed by atoms with Gasteiger partial charge in [0.25, 0.3) is 0 Å². The number of para-hydroxylation sites is 1. The fraction of sp³-hybridized carbons (Fsp3) is 0.200. The molecular formula is C15H15ClN2O2S. The lowest BCUT2D eigenvalue weighted by atomic mass is 10.2. The normalized spacial score (nSPS) is 10.2. The fourth-order valence-corrected chi connectivity index (χ4v) is 2.51. The van der Waals surface area contributed by atoms with Gasteiger partial charge in [-0.3, -0.25) is 0 Å². The molecule has 0 saturated heterocycles. The molecule has 0 unspecified atom stereocenters. The van der Waals surface area contributed by atoms with Crippen molar-refractivity contribution in [1.29, 1.82) is 0 Å². The summed E-state index contributed by atoms with van der Waals surface area (Å²) in [7, 11) is 0. The van der Waals surface area contributed by atoms with E-state index >= 15 is 0 Å². The first-order valence-corrected chi connectivity index (χ1v) is 7.98. The minimum absolute atomic E-state index is 0.308. The van der Waals surface area contributed by atoms with Crippen LogP contribution in [0, 0.1) is 0 Å². The second kappa shape index (κ2) is 7.33. The van der Waals surface area contributed by atoms with Crippen molar-refractivity contribution in [1.82, 2.24) is 4.98 Å². The van der Waals surface area contributed by atoms with Crippen LogP contribution in [-0.2, 0) is 4.74 Å². The third-order valence-electron chi connectivity index (χ3n) is 2.74. The molecule has 0 spiro atoms. The lowest BCUT2D eigenvalue weighted by Gasteiger charge is -2.13. The van der Waals surface area contributed by atoms with Crippen LogP contribution in [-0.4, -0.2) is 23.8 Å². The van der Waals surface area contributed by atoms with Crippen LogP contribution in [0.3, 0.4) is 0 Å². The Balaban J connectivity index is 2.38. The van der Waals surface area contributed by atoms with Gasteiger partial charge in [-0.1, -0.05) is 23.7 Å². The number of carbonyl (C=O) groups excluding carboxylic acids is 1. The lowest BCUT2D eigenvalue weighted by molar-refractivity contribution is 0.0527. The van der Waals surface area contributed by atoms with Crippen LogP contribution >= 0.6 is 23.4 Å². The van der Waals surface area contributed by atoms with Gasteiger partial charge in [0.15, 0.2) is 0 Å². The summed E-state index contributed by atoms with van der Waals surface area (Å²) in [6.45, 7) is 2.07. The summed E-state index contributed by atoms with van der Waals surface area (Å²) < 4.78 is 5.04. The lowest BCUT2D eigenvalue weighted by Crippen LogP contribution is -2.09. The molecule has 21 heavy (non-hydrogen) atoms. The number of nitrogens with zero attached hydrogens (tertiary/aromatic N) is 1. The van der Waals surface area contributed by atoms with E-state index in [-0.39, 0.29) is 0 Å². The zero-order valence-corrected chi connectivity index (χ0v) is 13.3. The number of anilines is 2. The highest BCUT2D eigenvalue weighted by Gasteiger charge is 2.15. The summed E-state index contributed by atoms with van der Waals surface area (Å²) in [6.07, 6.45) is 3.41. The summed E-state index contributed by atoms with van der Waals surface area (Å²) in [5, 5.41) is 3.54. The Morgan fingerprint density at radius 3 is 2.86 bits per heavy atom. The van der Waals surface area contributed by atoms with E-state index in [1.807, 2.05) is 30.5 Å². The molecule has 4 nitrogen and oxygen atoms in total. The number of nitrogens with one attached hydrogen (secondary N) is 1. The maximum absolute atomic E-state index is 12.0. The molecule has 110 valence electrons. The van der Waals surface area contributed by atoms with Crippen LogP contribution in [0.25, 0.3) is 0 Å². The summed E-state index contributed by atoms with van der Waals surface area (Å²) in [6, 6.07) is 9.44. The van der Waals surface area contributed by atoms with Crippen LogP contribution in [0.5, 0.6) is 0 Å². The Morgan fingerprint density at radius 1 is 1.38 bits per heavy atom. The molecule has 2 aromatic rings. The molecule has 0 aliphatic rings. The monoisotopic (exact) mass is 322 g/mol. The summed E-state index contributed by atoms with van der Waals surface area (Å²) >= 11 is 7.55. The van der Waals surface area contributed by atoms with Gasteiger partial charge in [0.1, 0.15) is 10.7 Å². The number of aromatic nitrogens is 1. The molecule has 0 radical (unpaired) electrons. The molecule has 0 fully saturated rings. The van der Waals surface area contributed by atoms with E-state index in [9.17, 15) is 4.79 Å². The average Bonchev–Trinajstić information content (AvgIpc) is 2.48. The van der Waals surface area contributed by atoms with Gasteiger partial charge in [0.05, 0.1) is 18.0 Å². The largest absolute Gasteiger partial charge is 0.462 e. The van der Waals surface area contributed by atoms with Crippen LogP contribution in [0.2, 0.25) is 5.15 Å². The number of halogens is 1. The van der Waals surface area contributed by atoms with Crippen molar-refractivity contribution in [2.24, 2.45) is 0 Å². The van der Waals surface area contributed by atoms with E-state index in [0.29, 0.717) is 23.0 Å². The zero-order chi connectivity index (χ0) is 15.2. The average molecular weight is 323 g/mol. The first-order valence-electron chi connectivity index (χ1n) is 6.38. The molecule has 0 saturated carbocycles. The summed E-state index contributed by atoms with van der Waals surface area (Å²) in [5.74, 6) is -0.425. The number of hydrogen-bond donors (Lipinski definition) is 1. The van der Waals surface area contributed by atoms with Crippen molar-refractivity contribution < 1.29 is 9.53 Å². The molecule has 0 amide bonds. The molecule has 0 bridgehead atoms. The number of ether oxygens (including phenoxy) is 1. The van der Waals surface area contributed by atoms with E-state index in [2.05, 4.69) is 10.3 Å². The van der Waals surface area contributed by atoms with Gasteiger partial charge in [0.2, 0.25) is 0 Å². The van der Waals surface area contributed by atoms with E-state index < -0.39 is 5.97 Å². The first kappa shape index (κ1) is 15.7. The first-order chi connectivity index (χ1) is 10.2. The molecule has 2 rings (SSSR count). The van der Waals surface area contributed by atoms with Gasteiger partial charge in [-0.2, -0.15) is 0 Å². The number of pyridine rings is 1. The van der Waals surface area contributed by atoms with Crippen LogP contribution in [0.1, 0.15) is 17.3 Å². The Hall–Kier alpha value is -1.72. The minimum atomic E-state index is -0.425. The molecule has 1 heterocycles. The van der Waals surface area contributed by atoms with Crippen LogP contribution < -0.4 is 5.32 Å². The molecule has 0 atom stereocenters. The van der Waals surface area contributed by atoms with Crippen molar-refractivity contribution >= 4 is 40.7 Å². The van der Waals surface area contributed by atoms with E-state index in [4.69, 9.17) is 16.3 Å². The van der Waals surface area contributed by atoms with Crippen molar-refractivity contribution in [2.75, 3.05) is 18.2 Å². The molecular weight excluding hydrogens is 308 g/mol. The predicted molar refractivity (Wildman–Crippen MR) is 86.7 cm³/mol. The number of esters is 1. The number of carbonyl (C=O) groups is 1. The maximum atomic E-state index is 12.0. The van der Waals surface area contributed by atoms with E-state index in [1.165, 1.54) is 6.20 Å². The van der Waals surface area contributed by atoms with E-state index in [0.717, 1.165) is 10.6 Å². The number of thioether (sulfide) groups is 1. The number of rotatable bonds is 5. The highest BCUT2D eigenvalue weighted by atomic mass is 35.5. The maximum Gasteiger partial charge on any atom is 0.341 e. The fourth-order valence-electron chi connectivity index (χ4n) is 1.80. The van der Waals surface area contributed by atoms with E-state index in [1.54, 1.807) is 24.8 Å². The highest BCUT2D eigenvalue weighted by Crippen LogP contribution is 2.30. The van der Waals surface area contributed by atoms with Gasteiger partial charge in [-0.15, -0.1) is 11.8 Å². The summed E-state index contributed by atoms with van der Waals surface area (Å²) in [4.78, 5) is 17.0. The Labute approximate surface area is 132 Å². The third-order valence-corrected chi connectivity index (χ3v) is 3.74. The van der Waals surface area contributed by atoms with Crippen molar-refractivity contribution in [2.45, 2.75) is 11.8 Å².